The summed E-state index contributed by atoms with van der Waals surface area (Å²) in [6.07, 6.45) is 1.70. The molecule has 1 aromatic heterocycles. The number of aromatic nitrogens is 2. The topological polar surface area (TPSA) is 64.5 Å². The van der Waals surface area contributed by atoms with E-state index < -0.39 is 0 Å². The second-order valence-corrected chi connectivity index (χ2v) is 6.46. The first kappa shape index (κ1) is 15.6. The number of rotatable bonds is 7. The smallest absolute Gasteiger partial charge is 0.134 e. The molecule has 0 aliphatic carbocycles. The Morgan fingerprint density at radius 3 is 3.00 bits per heavy atom. The number of likely N-dealkylation sites (N-methyl/N-ethyl adjacent to an activating group) is 1. The Labute approximate surface area is 124 Å². The highest BCUT2D eigenvalue weighted by atomic mass is 32.1. The molecule has 0 radical (unpaired) electrons. The predicted octanol–water partition coefficient (Wildman–Crippen LogP) is 0.857. The van der Waals surface area contributed by atoms with Crippen molar-refractivity contribution in [1.29, 1.82) is 0 Å². The molecule has 0 amide bonds. The SMILES string of the molecule is CCCNc1snnc1CN1CC(O)CC1CN(C)C. The van der Waals surface area contributed by atoms with Gasteiger partial charge in [0.15, 0.2) is 0 Å². The molecule has 7 heteroatoms. The van der Waals surface area contributed by atoms with E-state index in [0.717, 1.165) is 49.7 Å². The van der Waals surface area contributed by atoms with Crippen molar-refractivity contribution in [3.05, 3.63) is 5.69 Å². The Balaban J connectivity index is 1.98. The van der Waals surface area contributed by atoms with Gasteiger partial charge in [-0.3, -0.25) is 4.90 Å². The van der Waals surface area contributed by atoms with Crippen molar-refractivity contribution in [2.75, 3.05) is 39.0 Å². The van der Waals surface area contributed by atoms with Crippen LogP contribution >= 0.6 is 11.5 Å². The fourth-order valence-corrected chi connectivity index (χ4v) is 3.24. The van der Waals surface area contributed by atoms with Crippen LogP contribution in [0.25, 0.3) is 0 Å². The van der Waals surface area contributed by atoms with Crippen molar-refractivity contribution in [3.8, 4) is 0 Å². The first-order valence-corrected chi connectivity index (χ1v) is 7.99. The summed E-state index contributed by atoms with van der Waals surface area (Å²) < 4.78 is 4.05. The van der Waals surface area contributed by atoms with Gasteiger partial charge in [0, 0.05) is 43.8 Å². The fourth-order valence-electron chi connectivity index (χ4n) is 2.64. The average molecular weight is 299 g/mol. The second-order valence-electron chi connectivity index (χ2n) is 5.71. The van der Waals surface area contributed by atoms with Gasteiger partial charge in [0.25, 0.3) is 0 Å². The highest BCUT2D eigenvalue weighted by molar-refractivity contribution is 7.10. The molecule has 6 nitrogen and oxygen atoms in total. The van der Waals surface area contributed by atoms with Crippen LogP contribution < -0.4 is 5.32 Å². The molecule has 2 atom stereocenters. The molecule has 1 aliphatic heterocycles. The van der Waals surface area contributed by atoms with E-state index in [4.69, 9.17) is 0 Å². The van der Waals surface area contributed by atoms with Crippen molar-refractivity contribution in [3.63, 3.8) is 0 Å². The van der Waals surface area contributed by atoms with Crippen molar-refractivity contribution in [2.45, 2.75) is 38.5 Å². The van der Waals surface area contributed by atoms with E-state index in [-0.39, 0.29) is 6.10 Å². The van der Waals surface area contributed by atoms with Crippen molar-refractivity contribution >= 4 is 16.5 Å². The predicted molar refractivity (Wildman–Crippen MR) is 82.1 cm³/mol. The zero-order valence-corrected chi connectivity index (χ0v) is 13.4. The number of hydrogen-bond donors (Lipinski definition) is 2. The Bertz CT molecular complexity index is 411. The lowest BCUT2D eigenvalue weighted by atomic mass is 10.2. The van der Waals surface area contributed by atoms with Crippen LogP contribution in [0.15, 0.2) is 0 Å². The van der Waals surface area contributed by atoms with Crippen LogP contribution in [0.4, 0.5) is 5.00 Å². The number of aliphatic hydroxyl groups is 1. The summed E-state index contributed by atoms with van der Waals surface area (Å²) in [6, 6.07) is 0.390. The Morgan fingerprint density at radius 1 is 1.50 bits per heavy atom. The first-order valence-electron chi connectivity index (χ1n) is 7.22. The third-order valence-corrected chi connectivity index (χ3v) is 4.25. The molecule has 2 rings (SSSR count). The van der Waals surface area contributed by atoms with Crippen LogP contribution in [0.5, 0.6) is 0 Å². The lowest BCUT2D eigenvalue weighted by Gasteiger charge is -2.26. The third-order valence-electron chi connectivity index (χ3n) is 3.53. The minimum absolute atomic E-state index is 0.224. The largest absolute Gasteiger partial charge is 0.392 e. The van der Waals surface area contributed by atoms with Crippen LogP contribution in [0.3, 0.4) is 0 Å². The second kappa shape index (κ2) is 7.31. The fraction of sp³-hybridized carbons (Fsp3) is 0.846. The normalized spacial score (nSPS) is 23.6. The zero-order chi connectivity index (χ0) is 14.5. The zero-order valence-electron chi connectivity index (χ0n) is 12.5. The first-order chi connectivity index (χ1) is 9.60. The van der Waals surface area contributed by atoms with Gasteiger partial charge in [-0.15, -0.1) is 5.10 Å². The van der Waals surface area contributed by atoms with Gasteiger partial charge >= 0.3 is 0 Å². The van der Waals surface area contributed by atoms with Crippen LogP contribution in [0.2, 0.25) is 0 Å². The molecule has 1 saturated heterocycles. The van der Waals surface area contributed by atoms with Gasteiger partial charge < -0.3 is 15.3 Å². The highest BCUT2D eigenvalue weighted by Crippen LogP contribution is 2.25. The summed E-state index contributed by atoms with van der Waals surface area (Å²) in [5.74, 6) is 0. The van der Waals surface area contributed by atoms with E-state index in [1.165, 1.54) is 11.5 Å². The minimum Gasteiger partial charge on any atom is -0.392 e. The maximum atomic E-state index is 9.91. The molecule has 114 valence electrons. The van der Waals surface area contributed by atoms with E-state index >= 15 is 0 Å². The summed E-state index contributed by atoms with van der Waals surface area (Å²) in [4.78, 5) is 4.49. The third kappa shape index (κ3) is 4.12. The molecule has 0 bridgehead atoms. The Kier molecular flexibility index (Phi) is 5.71. The van der Waals surface area contributed by atoms with Gasteiger partial charge in [-0.1, -0.05) is 11.4 Å². The van der Waals surface area contributed by atoms with Gasteiger partial charge in [-0.2, -0.15) is 0 Å². The highest BCUT2D eigenvalue weighted by Gasteiger charge is 2.32. The molecule has 0 saturated carbocycles. The molecule has 0 spiro atoms. The molecular weight excluding hydrogens is 274 g/mol. The lowest BCUT2D eigenvalue weighted by molar-refractivity contribution is 0.168. The number of anilines is 1. The molecule has 20 heavy (non-hydrogen) atoms. The monoisotopic (exact) mass is 299 g/mol. The number of likely N-dealkylation sites (tertiary alicyclic amines) is 1. The standard InChI is InChI=1S/C13H25N5OS/c1-4-5-14-13-12(15-16-20-13)9-18-8-11(19)6-10(18)7-17(2)3/h10-11,14,19H,4-9H2,1-3H3. The van der Waals surface area contributed by atoms with Crippen molar-refractivity contribution in [1.82, 2.24) is 19.4 Å². The van der Waals surface area contributed by atoms with Crippen molar-refractivity contribution in [2.24, 2.45) is 0 Å². The number of nitrogens with zero attached hydrogens (tertiary/aromatic N) is 4. The molecule has 1 fully saturated rings. The number of β-amino-alcohol motifs (C(OH)–C–C–N with tert-alkyl or cyclic N) is 1. The summed E-state index contributed by atoms with van der Waals surface area (Å²) in [5.41, 5.74) is 1.00. The number of aliphatic hydroxyl groups excluding tert-OH is 1. The van der Waals surface area contributed by atoms with Gasteiger partial charge in [0.2, 0.25) is 0 Å². The molecule has 0 aromatic carbocycles. The number of hydrogen-bond acceptors (Lipinski definition) is 7. The summed E-state index contributed by atoms with van der Waals surface area (Å²) >= 11 is 1.42. The summed E-state index contributed by atoms with van der Waals surface area (Å²) in [6.45, 7) is 5.54. The van der Waals surface area contributed by atoms with Gasteiger partial charge in [0.05, 0.1) is 6.10 Å². The number of nitrogens with one attached hydrogen (secondary N) is 1. The molecule has 2 N–H and O–H groups in total. The van der Waals surface area contributed by atoms with E-state index in [9.17, 15) is 5.11 Å². The lowest BCUT2D eigenvalue weighted by Crippen LogP contribution is -2.37. The molecular formula is C13H25N5OS. The van der Waals surface area contributed by atoms with E-state index in [1.54, 1.807) is 0 Å². The molecule has 2 heterocycles. The average Bonchev–Trinajstić information content (AvgIpc) is 2.94. The van der Waals surface area contributed by atoms with Gasteiger partial charge in [0.1, 0.15) is 10.7 Å². The van der Waals surface area contributed by atoms with E-state index in [2.05, 4.69) is 45.7 Å². The van der Waals surface area contributed by atoms with Crippen molar-refractivity contribution < 1.29 is 5.11 Å². The minimum atomic E-state index is -0.224. The molecule has 1 aromatic rings. The summed E-state index contributed by atoms with van der Waals surface area (Å²) in [5, 5.41) is 18.6. The van der Waals surface area contributed by atoms with E-state index in [1.807, 2.05) is 0 Å². The maximum Gasteiger partial charge on any atom is 0.134 e. The van der Waals surface area contributed by atoms with Gasteiger partial charge in [-0.25, -0.2) is 0 Å². The molecule has 1 aliphatic rings. The quantitative estimate of drug-likeness (QED) is 0.778. The maximum absolute atomic E-state index is 9.91. The van der Waals surface area contributed by atoms with Gasteiger partial charge in [-0.05, 0) is 26.9 Å². The van der Waals surface area contributed by atoms with Crippen LogP contribution in [-0.2, 0) is 6.54 Å². The Morgan fingerprint density at radius 2 is 2.30 bits per heavy atom. The van der Waals surface area contributed by atoms with Crippen LogP contribution in [0.1, 0.15) is 25.5 Å². The summed E-state index contributed by atoms with van der Waals surface area (Å²) in [7, 11) is 4.14. The Hall–Kier alpha value is -0.760. The van der Waals surface area contributed by atoms with E-state index in [0.29, 0.717) is 6.04 Å². The van der Waals surface area contributed by atoms with Crippen LogP contribution in [-0.4, -0.2) is 70.4 Å². The molecule has 2 unspecified atom stereocenters. The van der Waals surface area contributed by atoms with Crippen LogP contribution in [0, 0.1) is 0 Å².